The van der Waals surface area contributed by atoms with Gasteiger partial charge in [-0.3, -0.25) is 0 Å². The summed E-state index contributed by atoms with van der Waals surface area (Å²) >= 11 is 0. The number of hydrogen-bond donors (Lipinski definition) is 0. The first-order valence-corrected chi connectivity index (χ1v) is 21.2. The first-order chi connectivity index (χ1) is 30.1. The Hall–Kier alpha value is -7.80. The minimum atomic E-state index is 1.20. The first-order valence-electron chi connectivity index (χ1n) is 21.2. The average molecular weight is 773 g/mol. The minimum Gasteiger partial charge on any atom is -0.0616 e. The summed E-state index contributed by atoms with van der Waals surface area (Å²) in [5.41, 5.74) is 13.4. The molecule has 0 bridgehead atoms. The molecule has 0 atom stereocenters. The number of fused-ring (bicyclic) bond motifs is 12. The molecule has 0 aliphatic carbocycles. The molecular weight excluding hydrogens is 733 g/mol. The monoisotopic (exact) mass is 772 g/mol. The Morgan fingerprint density at radius 1 is 0.164 bits per heavy atom. The topological polar surface area (TPSA) is 0 Å². The fourth-order valence-electron chi connectivity index (χ4n) is 9.93. The van der Waals surface area contributed by atoms with Crippen LogP contribution >= 0.6 is 0 Å². The molecule has 0 nitrogen and oxygen atoms in total. The molecule has 0 heteroatoms. The van der Waals surface area contributed by atoms with E-state index in [0.717, 1.165) is 0 Å². The third-order valence-corrected chi connectivity index (χ3v) is 12.8. The lowest BCUT2D eigenvalue weighted by molar-refractivity contribution is 1.46. The zero-order valence-electron chi connectivity index (χ0n) is 33.9. The summed E-state index contributed by atoms with van der Waals surface area (Å²) in [6.45, 7) is 2.21. The van der Waals surface area contributed by atoms with Crippen molar-refractivity contribution < 1.29 is 0 Å². The summed E-state index contributed by atoms with van der Waals surface area (Å²) in [4.78, 5) is 0. The molecule has 0 heterocycles. The maximum atomic E-state index is 2.39. The molecule has 12 rings (SSSR count). The molecule has 0 fully saturated rings. The Labute approximate surface area is 355 Å². The van der Waals surface area contributed by atoms with E-state index in [2.05, 4.69) is 231 Å². The Bertz CT molecular complexity index is 3650. The predicted molar refractivity (Wildman–Crippen MR) is 263 cm³/mol. The minimum absolute atomic E-state index is 1.20. The van der Waals surface area contributed by atoms with Crippen LogP contribution in [0.5, 0.6) is 0 Å². The van der Waals surface area contributed by atoms with Gasteiger partial charge in [-0.1, -0.05) is 188 Å². The molecule has 0 amide bonds. The van der Waals surface area contributed by atoms with E-state index in [1.807, 2.05) is 0 Å². The summed E-state index contributed by atoms with van der Waals surface area (Å²) in [5.74, 6) is 0. The van der Waals surface area contributed by atoms with Gasteiger partial charge < -0.3 is 0 Å². The SMILES string of the molecule is Cc1cc(-c2cccc(-c3cccc(-c4cccc(-c5ccc6c7ccccc7c7ccccc7c6c5)c4)c3)c2)cc(-c2ccc3c4ccccc4c4ccccc4c3c2)c1. The average Bonchev–Trinajstić information content (AvgIpc) is 3.34. The van der Waals surface area contributed by atoms with E-state index in [9.17, 15) is 0 Å². The van der Waals surface area contributed by atoms with Crippen molar-refractivity contribution >= 4 is 64.6 Å². The second-order valence-electron chi connectivity index (χ2n) is 16.5. The quantitative estimate of drug-likeness (QED) is 0.153. The third kappa shape index (κ3) is 5.99. The maximum Gasteiger partial charge on any atom is -0.00928 e. The highest BCUT2D eigenvalue weighted by molar-refractivity contribution is 6.27. The van der Waals surface area contributed by atoms with Crippen LogP contribution in [-0.2, 0) is 0 Å². The van der Waals surface area contributed by atoms with Gasteiger partial charge in [0.15, 0.2) is 0 Å². The highest BCUT2D eigenvalue weighted by Gasteiger charge is 2.13. The van der Waals surface area contributed by atoms with E-state index in [0.29, 0.717) is 0 Å². The molecule has 0 aliphatic rings. The van der Waals surface area contributed by atoms with Crippen LogP contribution in [0.4, 0.5) is 0 Å². The van der Waals surface area contributed by atoms with Crippen molar-refractivity contribution in [2.75, 3.05) is 0 Å². The molecule has 284 valence electrons. The van der Waals surface area contributed by atoms with Crippen LogP contribution in [0.2, 0.25) is 0 Å². The molecule has 61 heavy (non-hydrogen) atoms. The standard InChI is InChI=1S/C61H40/c1-39-31-48(36-49(32-39)47-28-30-59-55-24-5-3-20-51(55)53-22-7-9-26-57(53)61(59)38-47)45-18-12-16-43(35-45)41-14-10-13-40(33-41)42-15-11-17-44(34-42)46-27-29-58-54-23-4-2-19-50(54)52-21-6-8-25-56(52)60(58)37-46/h2-38H,1H3. The summed E-state index contributed by atoms with van der Waals surface area (Å²) in [6, 6.07) is 83.2. The van der Waals surface area contributed by atoms with Crippen LogP contribution in [0.15, 0.2) is 224 Å². The first kappa shape index (κ1) is 35.2. The van der Waals surface area contributed by atoms with E-state index in [-0.39, 0.29) is 0 Å². The lowest BCUT2D eigenvalue weighted by atomic mass is 9.90. The Balaban J connectivity index is 0.890. The number of rotatable bonds is 5. The summed E-state index contributed by atoms with van der Waals surface area (Å²) in [7, 11) is 0. The van der Waals surface area contributed by atoms with Crippen LogP contribution in [0.3, 0.4) is 0 Å². The summed E-state index contributed by atoms with van der Waals surface area (Å²) in [6.07, 6.45) is 0. The molecule has 0 unspecified atom stereocenters. The summed E-state index contributed by atoms with van der Waals surface area (Å²) < 4.78 is 0. The third-order valence-electron chi connectivity index (χ3n) is 12.8. The molecule has 0 spiro atoms. The Morgan fingerprint density at radius 2 is 0.393 bits per heavy atom. The lowest BCUT2D eigenvalue weighted by Gasteiger charge is -2.14. The van der Waals surface area contributed by atoms with Gasteiger partial charge in [0, 0.05) is 0 Å². The van der Waals surface area contributed by atoms with Crippen molar-refractivity contribution in [2.24, 2.45) is 0 Å². The van der Waals surface area contributed by atoms with Gasteiger partial charge in [-0.15, -0.1) is 0 Å². The highest BCUT2D eigenvalue weighted by atomic mass is 14.2. The zero-order valence-corrected chi connectivity index (χ0v) is 33.9. The van der Waals surface area contributed by atoms with Gasteiger partial charge in [-0.25, -0.2) is 0 Å². The number of hydrogen-bond acceptors (Lipinski definition) is 0. The van der Waals surface area contributed by atoms with Crippen molar-refractivity contribution in [1.29, 1.82) is 0 Å². The van der Waals surface area contributed by atoms with Crippen molar-refractivity contribution in [3.8, 4) is 55.6 Å². The van der Waals surface area contributed by atoms with Gasteiger partial charge in [-0.2, -0.15) is 0 Å². The van der Waals surface area contributed by atoms with Crippen LogP contribution in [0.1, 0.15) is 5.56 Å². The Morgan fingerprint density at radius 3 is 0.721 bits per heavy atom. The summed E-state index contributed by atoms with van der Waals surface area (Å²) in [5, 5.41) is 15.6. The number of aryl methyl sites for hydroxylation is 1. The second-order valence-corrected chi connectivity index (χ2v) is 16.5. The van der Waals surface area contributed by atoms with E-state index in [1.165, 1.54) is 126 Å². The fourth-order valence-corrected chi connectivity index (χ4v) is 9.93. The van der Waals surface area contributed by atoms with Gasteiger partial charge in [0.25, 0.3) is 0 Å². The van der Waals surface area contributed by atoms with E-state index in [4.69, 9.17) is 0 Å². The van der Waals surface area contributed by atoms with Gasteiger partial charge in [0.1, 0.15) is 0 Å². The van der Waals surface area contributed by atoms with E-state index >= 15 is 0 Å². The number of benzene rings is 12. The Kier molecular flexibility index (Phi) is 8.18. The van der Waals surface area contributed by atoms with E-state index < -0.39 is 0 Å². The lowest BCUT2D eigenvalue weighted by Crippen LogP contribution is -1.88. The van der Waals surface area contributed by atoms with Crippen molar-refractivity contribution in [3.05, 3.63) is 230 Å². The molecule has 12 aromatic carbocycles. The fraction of sp³-hybridized carbons (Fsp3) is 0.0164. The second kappa shape index (κ2) is 14.2. The molecule has 0 aromatic heterocycles. The van der Waals surface area contributed by atoms with Crippen molar-refractivity contribution in [3.63, 3.8) is 0 Å². The molecular formula is C61H40. The van der Waals surface area contributed by atoms with Crippen LogP contribution in [0.25, 0.3) is 120 Å². The van der Waals surface area contributed by atoms with Crippen LogP contribution in [0, 0.1) is 6.92 Å². The van der Waals surface area contributed by atoms with Gasteiger partial charge in [-0.05, 0) is 169 Å². The maximum absolute atomic E-state index is 2.39. The highest BCUT2D eigenvalue weighted by Crippen LogP contribution is 2.40. The van der Waals surface area contributed by atoms with E-state index in [1.54, 1.807) is 0 Å². The largest absolute Gasteiger partial charge is 0.0616 e. The van der Waals surface area contributed by atoms with Gasteiger partial charge in [0.05, 0.1) is 0 Å². The molecule has 0 saturated carbocycles. The zero-order chi connectivity index (χ0) is 40.4. The molecule has 0 N–H and O–H groups in total. The smallest absolute Gasteiger partial charge is 0.00928 e. The molecule has 0 aliphatic heterocycles. The van der Waals surface area contributed by atoms with Gasteiger partial charge >= 0.3 is 0 Å². The van der Waals surface area contributed by atoms with Crippen LogP contribution in [-0.4, -0.2) is 0 Å². The van der Waals surface area contributed by atoms with Crippen molar-refractivity contribution in [2.45, 2.75) is 6.92 Å². The molecule has 0 radical (unpaired) electrons. The molecule has 0 saturated heterocycles. The normalized spacial score (nSPS) is 11.7. The van der Waals surface area contributed by atoms with Crippen LogP contribution < -0.4 is 0 Å². The van der Waals surface area contributed by atoms with Gasteiger partial charge in [0.2, 0.25) is 0 Å². The molecule has 12 aromatic rings. The van der Waals surface area contributed by atoms with Crippen molar-refractivity contribution in [1.82, 2.24) is 0 Å². The predicted octanol–water partition coefficient (Wildman–Crippen LogP) is 17.2.